The van der Waals surface area contributed by atoms with Crippen LogP contribution in [0.5, 0.6) is 5.75 Å². The zero-order valence-electron chi connectivity index (χ0n) is 15.6. The molecule has 1 aromatic carbocycles. The Bertz CT molecular complexity index is 685. The molecule has 0 heterocycles. The number of rotatable bonds is 14. The first kappa shape index (κ1) is 23.7. The number of carbonyl (C=O) groups excluding carboxylic acids is 2. The van der Waals surface area contributed by atoms with Gasteiger partial charge in [-0.05, 0) is 29.6 Å². The maximum absolute atomic E-state index is 12.3. The Balaban J connectivity index is 2.66. The Labute approximate surface area is 167 Å². The molecule has 1 aromatic rings. The van der Waals surface area contributed by atoms with Crippen LogP contribution >= 0.6 is 11.8 Å². The number of nitrogens with zero attached hydrogens (tertiary/aromatic N) is 3. The Kier molecular flexibility index (Phi) is 11.7. The second-order valence-electron chi connectivity index (χ2n) is 5.82. The van der Waals surface area contributed by atoms with E-state index in [1.165, 1.54) is 18.9 Å². The summed E-state index contributed by atoms with van der Waals surface area (Å²) in [6, 6.07) is 6.20. The minimum atomic E-state index is -1.00. The van der Waals surface area contributed by atoms with Gasteiger partial charge in [-0.25, -0.2) is 4.39 Å². The van der Waals surface area contributed by atoms with Crippen molar-refractivity contribution in [2.75, 3.05) is 32.8 Å². The van der Waals surface area contributed by atoms with Gasteiger partial charge in [0, 0.05) is 29.4 Å². The van der Waals surface area contributed by atoms with E-state index in [4.69, 9.17) is 20.1 Å². The molecule has 1 N–H and O–H groups in total. The Morgan fingerprint density at radius 3 is 2.86 bits per heavy atom. The van der Waals surface area contributed by atoms with Gasteiger partial charge in [0.05, 0.1) is 19.1 Å². The molecule has 1 rings (SSSR count). The first-order valence-corrected chi connectivity index (χ1v) is 9.82. The molecule has 0 aliphatic rings. The minimum Gasteiger partial charge on any atom is -0.491 e. The van der Waals surface area contributed by atoms with Gasteiger partial charge in [-0.1, -0.05) is 17.2 Å². The summed E-state index contributed by atoms with van der Waals surface area (Å²) in [6.07, 6.45) is -0.126. The molecule has 0 amide bonds. The summed E-state index contributed by atoms with van der Waals surface area (Å²) in [5, 5.41) is 12.4. The predicted molar refractivity (Wildman–Crippen MR) is 104 cm³/mol. The van der Waals surface area contributed by atoms with E-state index in [0.29, 0.717) is 17.3 Å². The number of ketones is 1. The molecule has 0 aromatic heterocycles. The lowest BCUT2D eigenvalue weighted by Gasteiger charge is -2.16. The van der Waals surface area contributed by atoms with Crippen molar-refractivity contribution >= 4 is 23.5 Å². The monoisotopic (exact) mass is 413 g/mol. The number of Topliss-reactive ketones (excluding diaryl/α,β-unsaturated/α-hetero) is 1. The third-order valence-corrected chi connectivity index (χ3v) is 4.95. The number of methoxy groups -OCH3 is 1. The van der Waals surface area contributed by atoms with E-state index < -0.39 is 30.4 Å². The highest BCUT2D eigenvalue weighted by Crippen LogP contribution is 2.22. The summed E-state index contributed by atoms with van der Waals surface area (Å²) in [5.41, 5.74) is 9.48. The van der Waals surface area contributed by atoms with Crippen LogP contribution in [0, 0.1) is 5.92 Å². The molecule has 0 saturated carbocycles. The summed E-state index contributed by atoms with van der Waals surface area (Å²) in [5.74, 6) is -0.171. The van der Waals surface area contributed by atoms with E-state index in [1.807, 2.05) is 6.07 Å². The molecule has 0 radical (unpaired) electrons. The number of benzene rings is 1. The average Bonchev–Trinajstić information content (AvgIpc) is 2.71. The van der Waals surface area contributed by atoms with Crippen LogP contribution < -0.4 is 4.74 Å². The number of ether oxygens (including phenoxy) is 2. The van der Waals surface area contributed by atoms with Crippen LogP contribution in [0.2, 0.25) is 0 Å². The molecule has 0 aliphatic heterocycles. The zero-order chi connectivity index (χ0) is 20.8. The summed E-state index contributed by atoms with van der Waals surface area (Å²) in [7, 11) is 1.24. The van der Waals surface area contributed by atoms with Gasteiger partial charge in [0.25, 0.3) is 0 Å². The number of halogens is 1. The van der Waals surface area contributed by atoms with Crippen molar-refractivity contribution in [3.63, 3.8) is 0 Å². The number of aliphatic hydroxyl groups is 1. The fraction of sp³-hybridized carbons (Fsp3) is 0.556. The van der Waals surface area contributed by atoms with Crippen molar-refractivity contribution in [3.05, 3.63) is 40.3 Å². The molecule has 0 bridgehead atoms. The van der Waals surface area contributed by atoms with Crippen molar-refractivity contribution in [3.8, 4) is 5.75 Å². The van der Waals surface area contributed by atoms with Crippen LogP contribution in [0.4, 0.5) is 4.39 Å². The number of carbonyl (C=O) groups is 2. The van der Waals surface area contributed by atoms with Crippen LogP contribution in [0.15, 0.2) is 29.4 Å². The van der Waals surface area contributed by atoms with Crippen molar-refractivity contribution in [2.24, 2.45) is 11.0 Å². The fourth-order valence-corrected chi connectivity index (χ4v) is 3.50. The molecular weight excluding hydrogens is 389 g/mol. The second-order valence-corrected chi connectivity index (χ2v) is 6.85. The largest absolute Gasteiger partial charge is 0.491 e. The Morgan fingerprint density at radius 2 is 2.21 bits per heavy atom. The lowest BCUT2D eigenvalue weighted by Crippen LogP contribution is -2.28. The second kappa shape index (κ2) is 13.8. The highest BCUT2D eigenvalue weighted by molar-refractivity contribution is 7.98. The first-order valence-electron chi connectivity index (χ1n) is 8.66. The lowest BCUT2D eigenvalue weighted by molar-refractivity contribution is -0.146. The van der Waals surface area contributed by atoms with E-state index in [0.717, 1.165) is 5.56 Å². The molecule has 28 heavy (non-hydrogen) atoms. The summed E-state index contributed by atoms with van der Waals surface area (Å²) in [4.78, 5) is 26.9. The summed E-state index contributed by atoms with van der Waals surface area (Å²) < 4.78 is 22.2. The highest BCUT2D eigenvalue weighted by Gasteiger charge is 2.26. The van der Waals surface area contributed by atoms with Crippen LogP contribution in [0.25, 0.3) is 10.4 Å². The van der Waals surface area contributed by atoms with Gasteiger partial charge in [0.2, 0.25) is 0 Å². The zero-order valence-corrected chi connectivity index (χ0v) is 16.4. The predicted octanol–water partition coefficient (Wildman–Crippen LogP) is 3.08. The first-order chi connectivity index (χ1) is 13.5. The molecule has 0 spiro atoms. The van der Waals surface area contributed by atoms with Gasteiger partial charge in [-0.2, -0.15) is 11.8 Å². The molecule has 0 unspecified atom stereocenters. The van der Waals surface area contributed by atoms with E-state index >= 15 is 0 Å². The van der Waals surface area contributed by atoms with E-state index in [9.17, 15) is 14.0 Å². The van der Waals surface area contributed by atoms with Crippen LogP contribution in [0.1, 0.15) is 18.4 Å². The van der Waals surface area contributed by atoms with Gasteiger partial charge in [-0.3, -0.25) is 9.59 Å². The number of thioether (sulfide) groups is 1. The molecule has 0 saturated heterocycles. The molecule has 0 aliphatic carbocycles. The van der Waals surface area contributed by atoms with Crippen molar-refractivity contribution < 1.29 is 28.6 Å². The summed E-state index contributed by atoms with van der Waals surface area (Å²) in [6.45, 7) is -0.877. The number of azide groups is 1. The Hall–Kier alpha value is -2.29. The van der Waals surface area contributed by atoms with Gasteiger partial charge in [-0.15, -0.1) is 0 Å². The van der Waals surface area contributed by atoms with Crippen LogP contribution in [0.3, 0.4) is 0 Å². The van der Waals surface area contributed by atoms with Gasteiger partial charge in [0.15, 0.2) is 0 Å². The number of alkyl halides is 1. The number of aliphatic hydroxyl groups excluding tert-OH is 1. The lowest BCUT2D eigenvalue weighted by atomic mass is 9.99. The molecule has 154 valence electrons. The molecule has 8 nitrogen and oxygen atoms in total. The molecule has 2 atom stereocenters. The molecular formula is C18H24FN3O5S. The quantitative estimate of drug-likeness (QED) is 0.216. The maximum atomic E-state index is 12.3. The maximum Gasteiger partial charge on any atom is 0.309 e. The third kappa shape index (κ3) is 8.60. The average molecular weight is 413 g/mol. The minimum absolute atomic E-state index is 0.00952. The highest BCUT2D eigenvalue weighted by atomic mass is 32.2. The van der Waals surface area contributed by atoms with Gasteiger partial charge < -0.3 is 14.6 Å². The number of hydrogen-bond donors (Lipinski definition) is 1. The van der Waals surface area contributed by atoms with Crippen molar-refractivity contribution in [1.29, 1.82) is 0 Å². The SMILES string of the molecule is COC(=O)[C@@H](CSCc1cccc(OCCF)c1)CC(=O)[C@H](CCO)N=[N+]=[N-]. The number of esters is 1. The van der Waals surface area contributed by atoms with E-state index in [2.05, 4.69) is 10.0 Å². The normalized spacial score (nSPS) is 12.5. The fourth-order valence-electron chi connectivity index (χ4n) is 2.42. The number of hydrogen-bond acceptors (Lipinski definition) is 7. The standard InChI is InChI=1S/C18H24FN3O5S/c1-26-18(25)14(10-17(24)16(5-7-23)21-22-20)12-28-11-13-3-2-4-15(9-13)27-8-6-19/h2-4,9,14,16,23H,5-8,10-12H2,1H3/t14-,16+/m1/s1. The Morgan fingerprint density at radius 1 is 1.43 bits per heavy atom. The van der Waals surface area contributed by atoms with Gasteiger partial charge in [0.1, 0.15) is 24.8 Å². The van der Waals surface area contributed by atoms with Gasteiger partial charge >= 0.3 is 5.97 Å². The van der Waals surface area contributed by atoms with E-state index in [-0.39, 0.29) is 26.1 Å². The topological polar surface area (TPSA) is 122 Å². The van der Waals surface area contributed by atoms with Crippen molar-refractivity contribution in [1.82, 2.24) is 0 Å². The van der Waals surface area contributed by atoms with Crippen molar-refractivity contribution in [2.45, 2.75) is 24.6 Å². The summed E-state index contributed by atoms with van der Waals surface area (Å²) >= 11 is 1.44. The third-order valence-electron chi connectivity index (χ3n) is 3.78. The van der Waals surface area contributed by atoms with E-state index in [1.54, 1.807) is 18.2 Å². The molecule has 10 heteroatoms. The van der Waals surface area contributed by atoms with Crippen LogP contribution in [-0.4, -0.2) is 55.7 Å². The van der Waals surface area contributed by atoms with Crippen LogP contribution in [-0.2, 0) is 20.1 Å². The molecule has 0 fully saturated rings. The smallest absolute Gasteiger partial charge is 0.309 e.